The van der Waals surface area contributed by atoms with Gasteiger partial charge in [0, 0.05) is 24.3 Å². The van der Waals surface area contributed by atoms with Gasteiger partial charge in [0.05, 0.1) is 12.8 Å². The highest BCUT2D eigenvalue weighted by Gasteiger charge is 2.17. The molecule has 0 atom stereocenters. The van der Waals surface area contributed by atoms with E-state index in [0.717, 1.165) is 38.4 Å². The SMILES string of the molecule is CCCNCc1coc(CN2CCCc3ccccc32)c1. The van der Waals surface area contributed by atoms with Crippen LogP contribution in [0.2, 0.25) is 0 Å². The van der Waals surface area contributed by atoms with Gasteiger partial charge in [-0.2, -0.15) is 0 Å². The summed E-state index contributed by atoms with van der Waals surface area (Å²) in [7, 11) is 0. The molecule has 3 rings (SSSR count). The van der Waals surface area contributed by atoms with Gasteiger partial charge in [-0.1, -0.05) is 25.1 Å². The predicted molar refractivity (Wildman–Crippen MR) is 86.5 cm³/mol. The van der Waals surface area contributed by atoms with E-state index in [9.17, 15) is 0 Å². The molecule has 3 heteroatoms. The quantitative estimate of drug-likeness (QED) is 0.819. The lowest BCUT2D eigenvalue weighted by molar-refractivity contribution is 0.495. The predicted octanol–water partition coefficient (Wildman–Crippen LogP) is 3.73. The minimum absolute atomic E-state index is 0.866. The molecule has 0 spiro atoms. The highest BCUT2D eigenvalue weighted by molar-refractivity contribution is 5.55. The van der Waals surface area contributed by atoms with Gasteiger partial charge in [0.15, 0.2) is 0 Å². The Morgan fingerprint density at radius 2 is 2.19 bits per heavy atom. The summed E-state index contributed by atoms with van der Waals surface area (Å²) in [5.41, 5.74) is 4.06. The van der Waals surface area contributed by atoms with Gasteiger partial charge in [-0.05, 0) is 43.5 Å². The summed E-state index contributed by atoms with van der Waals surface area (Å²) in [5.74, 6) is 1.06. The molecular formula is C18H24N2O. The second-order valence-electron chi connectivity index (χ2n) is 5.75. The number of fused-ring (bicyclic) bond motifs is 1. The van der Waals surface area contributed by atoms with Gasteiger partial charge in [0.2, 0.25) is 0 Å². The standard InChI is InChI=1S/C18H24N2O/c1-2-9-19-12-15-11-17(21-14-15)13-20-10-5-7-16-6-3-4-8-18(16)20/h3-4,6,8,11,14,19H,2,5,7,9-10,12-13H2,1H3. The van der Waals surface area contributed by atoms with Crippen LogP contribution in [0.3, 0.4) is 0 Å². The summed E-state index contributed by atoms with van der Waals surface area (Å²) in [6.07, 6.45) is 5.46. The molecule has 1 aliphatic rings. The maximum Gasteiger partial charge on any atom is 0.123 e. The van der Waals surface area contributed by atoms with Crippen molar-refractivity contribution in [1.29, 1.82) is 0 Å². The first kappa shape index (κ1) is 14.2. The minimum Gasteiger partial charge on any atom is -0.467 e. The van der Waals surface area contributed by atoms with Crippen molar-refractivity contribution < 1.29 is 4.42 Å². The second kappa shape index (κ2) is 6.81. The van der Waals surface area contributed by atoms with E-state index >= 15 is 0 Å². The number of hydrogen-bond acceptors (Lipinski definition) is 3. The third-order valence-electron chi connectivity index (χ3n) is 4.02. The number of benzene rings is 1. The van der Waals surface area contributed by atoms with Crippen LogP contribution in [-0.2, 0) is 19.5 Å². The largest absolute Gasteiger partial charge is 0.467 e. The molecule has 1 N–H and O–H groups in total. The van der Waals surface area contributed by atoms with Crippen LogP contribution in [0.15, 0.2) is 41.0 Å². The number of nitrogens with one attached hydrogen (secondary N) is 1. The summed E-state index contributed by atoms with van der Waals surface area (Å²) in [6, 6.07) is 10.9. The number of anilines is 1. The Hall–Kier alpha value is -1.74. The molecule has 3 nitrogen and oxygen atoms in total. The summed E-state index contributed by atoms with van der Waals surface area (Å²) in [5, 5.41) is 3.41. The molecular weight excluding hydrogens is 260 g/mol. The average Bonchev–Trinajstić information content (AvgIpc) is 2.96. The Morgan fingerprint density at radius 1 is 1.29 bits per heavy atom. The Morgan fingerprint density at radius 3 is 3.10 bits per heavy atom. The molecule has 0 aliphatic carbocycles. The van der Waals surface area contributed by atoms with Crippen LogP contribution in [0.1, 0.15) is 36.7 Å². The summed E-state index contributed by atoms with van der Waals surface area (Å²) < 4.78 is 5.73. The number of nitrogens with zero attached hydrogens (tertiary/aromatic N) is 1. The third-order valence-corrected chi connectivity index (χ3v) is 4.02. The summed E-state index contributed by atoms with van der Waals surface area (Å²) in [6.45, 7) is 6.11. The first-order chi connectivity index (χ1) is 10.4. The smallest absolute Gasteiger partial charge is 0.123 e. The fourth-order valence-corrected chi connectivity index (χ4v) is 2.98. The van der Waals surface area contributed by atoms with Crippen LogP contribution in [0, 0.1) is 0 Å². The Labute approximate surface area is 127 Å². The highest BCUT2D eigenvalue weighted by Crippen LogP contribution is 2.28. The van der Waals surface area contributed by atoms with E-state index in [-0.39, 0.29) is 0 Å². The van der Waals surface area contributed by atoms with E-state index in [0.29, 0.717) is 0 Å². The molecule has 1 aromatic carbocycles. The Balaban J connectivity index is 1.65. The van der Waals surface area contributed by atoms with Crippen LogP contribution >= 0.6 is 0 Å². The van der Waals surface area contributed by atoms with Crippen molar-refractivity contribution in [2.24, 2.45) is 0 Å². The zero-order chi connectivity index (χ0) is 14.5. The van der Waals surface area contributed by atoms with E-state index in [4.69, 9.17) is 4.42 Å². The molecule has 2 aromatic rings. The van der Waals surface area contributed by atoms with Crippen molar-refractivity contribution >= 4 is 5.69 Å². The highest BCUT2D eigenvalue weighted by atomic mass is 16.3. The van der Waals surface area contributed by atoms with E-state index in [1.165, 1.54) is 29.7 Å². The fourth-order valence-electron chi connectivity index (χ4n) is 2.98. The molecule has 0 saturated heterocycles. The van der Waals surface area contributed by atoms with Gasteiger partial charge in [0.1, 0.15) is 5.76 Å². The monoisotopic (exact) mass is 284 g/mol. The molecule has 0 amide bonds. The van der Waals surface area contributed by atoms with Gasteiger partial charge in [0.25, 0.3) is 0 Å². The third kappa shape index (κ3) is 3.48. The van der Waals surface area contributed by atoms with E-state index < -0.39 is 0 Å². The van der Waals surface area contributed by atoms with E-state index in [2.05, 4.69) is 47.5 Å². The van der Waals surface area contributed by atoms with E-state index in [1.807, 2.05) is 6.26 Å². The molecule has 0 saturated carbocycles. The first-order valence-electron chi connectivity index (χ1n) is 7.96. The number of furan rings is 1. The number of hydrogen-bond donors (Lipinski definition) is 1. The average molecular weight is 284 g/mol. The maximum absolute atomic E-state index is 5.73. The number of para-hydroxylation sites is 1. The molecule has 112 valence electrons. The van der Waals surface area contributed by atoms with Crippen LogP contribution in [-0.4, -0.2) is 13.1 Å². The lowest BCUT2D eigenvalue weighted by Gasteiger charge is -2.30. The summed E-state index contributed by atoms with van der Waals surface area (Å²) >= 11 is 0. The van der Waals surface area contributed by atoms with Crippen molar-refractivity contribution in [2.45, 2.75) is 39.3 Å². The molecule has 1 aromatic heterocycles. The van der Waals surface area contributed by atoms with Crippen LogP contribution in [0.4, 0.5) is 5.69 Å². The molecule has 0 unspecified atom stereocenters. The molecule has 0 bridgehead atoms. The van der Waals surface area contributed by atoms with Crippen LogP contribution in [0.25, 0.3) is 0 Å². The lowest BCUT2D eigenvalue weighted by Crippen LogP contribution is -2.28. The second-order valence-corrected chi connectivity index (χ2v) is 5.75. The molecule has 21 heavy (non-hydrogen) atoms. The minimum atomic E-state index is 0.866. The van der Waals surface area contributed by atoms with Crippen molar-refractivity contribution in [3.05, 3.63) is 53.5 Å². The summed E-state index contributed by atoms with van der Waals surface area (Å²) in [4.78, 5) is 2.43. The fraction of sp³-hybridized carbons (Fsp3) is 0.444. The lowest BCUT2D eigenvalue weighted by atomic mass is 10.0. The van der Waals surface area contributed by atoms with Gasteiger partial charge in [-0.25, -0.2) is 0 Å². The topological polar surface area (TPSA) is 28.4 Å². The molecule has 0 radical (unpaired) electrons. The van der Waals surface area contributed by atoms with Gasteiger partial charge in [-0.3, -0.25) is 0 Å². The van der Waals surface area contributed by atoms with Gasteiger partial charge < -0.3 is 14.6 Å². The number of aryl methyl sites for hydroxylation is 1. The van der Waals surface area contributed by atoms with Crippen molar-refractivity contribution in [1.82, 2.24) is 5.32 Å². The zero-order valence-electron chi connectivity index (χ0n) is 12.8. The van der Waals surface area contributed by atoms with Crippen molar-refractivity contribution in [3.8, 4) is 0 Å². The van der Waals surface area contributed by atoms with Crippen molar-refractivity contribution in [3.63, 3.8) is 0 Å². The molecule has 2 heterocycles. The first-order valence-corrected chi connectivity index (χ1v) is 7.96. The molecule has 0 fully saturated rings. The normalized spacial score (nSPS) is 14.2. The van der Waals surface area contributed by atoms with Gasteiger partial charge >= 0.3 is 0 Å². The van der Waals surface area contributed by atoms with Crippen LogP contribution in [0.5, 0.6) is 0 Å². The van der Waals surface area contributed by atoms with Crippen LogP contribution < -0.4 is 10.2 Å². The zero-order valence-corrected chi connectivity index (χ0v) is 12.8. The maximum atomic E-state index is 5.73. The number of rotatable bonds is 6. The van der Waals surface area contributed by atoms with E-state index in [1.54, 1.807) is 0 Å². The van der Waals surface area contributed by atoms with Gasteiger partial charge in [-0.15, -0.1) is 0 Å². The van der Waals surface area contributed by atoms with Crippen molar-refractivity contribution in [2.75, 3.05) is 18.0 Å². The molecule has 1 aliphatic heterocycles. The Kier molecular flexibility index (Phi) is 4.61. The Bertz CT molecular complexity index is 576.